The van der Waals surface area contributed by atoms with Gasteiger partial charge in [-0.1, -0.05) is 68.4 Å². The summed E-state index contributed by atoms with van der Waals surface area (Å²) in [6.45, 7) is 5.60. The van der Waals surface area contributed by atoms with Gasteiger partial charge in [0.25, 0.3) is 0 Å². The molecule has 0 amide bonds. The van der Waals surface area contributed by atoms with Crippen molar-refractivity contribution in [1.29, 1.82) is 0 Å². The van der Waals surface area contributed by atoms with Gasteiger partial charge in [-0.15, -0.1) is 0 Å². The van der Waals surface area contributed by atoms with Gasteiger partial charge in [-0.05, 0) is 24.3 Å². The average Bonchev–Trinajstić information content (AvgIpc) is 2.94. The predicted octanol–water partition coefficient (Wildman–Crippen LogP) is 4.97. The van der Waals surface area contributed by atoms with Gasteiger partial charge < -0.3 is 4.57 Å². The van der Waals surface area contributed by atoms with Gasteiger partial charge in [0, 0.05) is 23.4 Å². The summed E-state index contributed by atoms with van der Waals surface area (Å²) in [7, 11) is 0. The molecule has 2 heterocycles. The predicted molar refractivity (Wildman–Crippen MR) is 95.3 cm³/mol. The summed E-state index contributed by atoms with van der Waals surface area (Å²) in [5.41, 5.74) is 6.48. The monoisotopic (exact) mass is 302 g/mol. The summed E-state index contributed by atoms with van der Waals surface area (Å²) in [5.74, 6) is 1.76. The molecule has 0 spiro atoms. The normalized spacial score (nSPS) is 13.0. The van der Waals surface area contributed by atoms with Crippen molar-refractivity contribution in [2.75, 3.05) is 0 Å². The lowest BCUT2D eigenvalue weighted by atomic mass is 9.99. The number of hydrogen-bond donors (Lipinski definition) is 0. The Labute approximate surface area is 137 Å². The first-order chi connectivity index (χ1) is 11.2. The molecule has 116 valence electrons. The first kappa shape index (κ1) is 14.3. The number of aryl methyl sites for hydroxylation is 1. The summed E-state index contributed by atoms with van der Waals surface area (Å²) in [6.07, 6.45) is 2.16. The van der Waals surface area contributed by atoms with E-state index in [1.807, 2.05) is 0 Å². The van der Waals surface area contributed by atoms with Gasteiger partial charge >= 0.3 is 0 Å². The molecule has 23 heavy (non-hydrogen) atoms. The molecule has 0 saturated heterocycles. The SMILES string of the molecule is CC(C)Cc1c(-c2ccccc2)nc2n1CCc1ccccc1-2. The molecular formula is C21H22N2. The lowest BCUT2D eigenvalue weighted by Gasteiger charge is -2.20. The average molecular weight is 302 g/mol. The van der Waals surface area contributed by atoms with Crippen LogP contribution in [0.5, 0.6) is 0 Å². The molecular weight excluding hydrogens is 280 g/mol. The summed E-state index contributed by atoms with van der Waals surface area (Å²) >= 11 is 0. The third-order valence-corrected chi connectivity index (χ3v) is 4.58. The zero-order valence-electron chi connectivity index (χ0n) is 13.8. The van der Waals surface area contributed by atoms with E-state index in [0.29, 0.717) is 5.92 Å². The quantitative estimate of drug-likeness (QED) is 0.668. The third-order valence-electron chi connectivity index (χ3n) is 4.58. The fourth-order valence-corrected chi connectivity index (χ4v) is 3.54. The Morgan fingerprint density at radius 3 is 2.52 bits per heavy atom. The number of rotatable bonds is 3. The first-order valence-electron chi connectivity index (χ1n) is 8.47. The molecule has 2 heteroatoms. The molecule has 0 saturated carbocycles. The first-order valence-corrected chi connectivity index (χ1v) is 8.47. The zero-order chi connectivity index (χ0) is 15.8. The van der Waals surface area contributed by atoms with Crippen LogP contribution in [-0.2, 0) is 19.4 Å². The fraction of sp³-hybridized carbons (Fsp3) is 0.286. The van der Waals surface area contributed by atoms with E-state index >= 15 is 0 Å². The molecule has 0 atom stereocenters. The van der Waals surface area contributed by atoms with Crippen LogP contribution in [0.4, 0.5) is 0 Å². The topological polar surface area (TPSA) is 17.8 Å². The van der Waals surface area contributed by atoms with Crippen molar-refractivity contribution < 1.29 is 0 Å². The second kappa shape index (κ2) is 5.69. The molecule has 0 radical (unpaired) electrons. The van der Waals surface area contributed by atoms with Gasteiger partial charge in [0.1, 0.15) is 5.82 Å². The summed E-state index contributed by atoms with van der Waals surface area (Å²) in [4.78, 5) is 5.08. The van der Waals surface area contributed by atoms with Crippen molar-refractivity contribution in [2.45, 2.75) is 33.2 Å². The minimum atomic E-state index is 0.621. The minimum absolute atomic E-state index is 0.621. The van der Waals surface area contributed by atoms with Crippen LogP contribution >= 0.6 is 0 Å². The minimum Gasteiger partial charge on any atom is -0.327 e. The standard InChI is InChI=1S/C21H22N2/c1-15(2)14-19-20(17-9-4-3-5-10-17)22-21-18-11-7-6-8-16(18)12-13-23(19)21/h3-11,15H,12-14H2,1-2H3. The molecule has 0 unspecified atom stereocenters. The van der Waals surface area contributed by atoms with Gasteiger partial charge in [0.2, 0.25) is 0 Å². The van der Waals surface area contributed by atoms with E-state index < -0.39 is 0 Å². The van der Waals surface area contributed by atoms with E-state index in [0.717, 1.165) is 30.9 Å². The molecule has 0 bridgehead atoms. The van der Waals surface area contributed by atoms with Crippen LogP contribution in [0.3, 0.4) is 0 Å². The van der Waals surface area contributed by atoms with E-state index in [-0.39, 0.29) is 0 Å². The summed E-state index contributed by atoms with van der Waals surface area (Å²) in [5, 5.41) is 0. The van der Waals surface area contributed by atoms with Crippen LogP contribution in [-0.4, -0.2) is 9.55 Å². The number of benzene rings is 2. The van der Waals surface area contributed by atoms with Gasteiger partial charge in [-0.2, -0.15) is 0 Å². The van der Waals surface area contributed by atoms with Crippen LogP contribution in [0.15, 0.2) is 54.6 Å². The number of aromatic nitrogens is 2. The lowest BCUT2D eigenvalue weighted by molar-refractivity contribution is 0.582. The molecule has 4 rings (SSSR count). The fourth-order valence-electron chi connectivity index (χ4n) is 3.54. The van der Waals surface area contributed by atoms with Crippen LogP contribution in [0.2, 0.25) is 0 Å². The Bertz CT molecular complexity index is 828. The maximum absolute atomic E-state index is 5.08. The highest BCUT2D eigenvalue weighted by atomic mass is 15.1. The Hall–Kier alpha value is -2.35. The van der Waals surface area contributed by atoms with E-state index in [9.17, 15) is 0 Å². The second-order valence-corrected chi connectivity index (χ2v) is 6.75. The van der Waals surface area contributed by atoms with Crippen molar-refractivity contribution in [3.63, 3.8) is 0 Å². The molecule has 0 aliphatic carbocycles. The maximum Gasteiger partial charge on any atom is 0.141 e. The van der Waals surface area contributed by atoms with Crippen molar-refractivity contribution in [3.8, 4) is 22.6 Å². The van der Waals surface area contributed by atoms with Crippen LogP contribution in [0.25, 0.3) is 22.6 Å². The van der Waals surface area contributed by atoms with E-state index in [4.69, 9.17) is 4.98 Å². The second-order valence-electron chi connectivity index (χ2n) is 6.75. The highest BCUT2D eigenvalue weighted by molar-refractivity contribution is 5.71. The Balaban J connectivity index is 1.93. The highest BCUT2D eigenvalue weighted by Crippen LogP contribution is 2.35. The van der Waals surface area contributed by atoms with Crippen LogP contribution < -0.4 is 0 Å². The number of nitrogens with zero attached hydrogens (tertiary/aromatic N) is 2. The molecule has 1 aliphatic rings. The Kier molecular flexibility index (Phi) is 3.53. The number of fused-ring (bicyclic) bond motifs is 3. The lowest BCUT2D eigenvalue weighted by Crippen LogP contribution is -2.14. The molecule has 2 nitrogen and oxygen atoms in total. The maximum atomic E-state index is 5.08. The van der Waals surface area contributed by atoms with Crippen LogP contribution in [0, 0.1) is 5.92 Å². The number of imidazole rings is 1. The van der Waals surface area contributed by atoms with Crippen LogP contribution in [0.1, 0.15) is 25.1 Å². The Morgan fingerprint density at radius 1 is 1.00 bits per heavy atom. The zero-order valence-corrected chi connectivity index (χ0v) is 13.8. The van der Waals surface area contributed by atoms with Crippen molar-refractivity contribution in [1.82, 2.24) is 9.55 Å². The van der Waals surface area contributed by atoms with Gasteiger partial charge in [-0.3, -0.25) is 0 Å². The van der Waals surface area contributed by atoms with E-state index in [1.165, 1.54) is 22.4 Å². The summed E-state index contributed by atoms with van der Waals surface area (Å²) < 4.78 is 2.45. The Morgan fingerprint density at radius 2 is 1.74 bits per heavy atom. The molecule has 3 aromatic rings. The van der Waals surface area contributed by atoms with Gasteiger partial charge in [0.15, 0.2) is 0 Å². The highest BCUT2D eigenvalue weighted by Gasteiger charge is 2.24. The van der Waals surface area contributed by atoms with Crippen molar-refractivity contribution in [2.24, 2.45) is 5.92 Å². The smallest absolute Gasteiger partial charge is 0.141 e. The van der Waals surface area contributed by atoms with Gasteiger partial charge in [-0.25, -0.2) is 4.98 Å². The van der Waals surface area contributed by atoms with Crippen molar-refractivity contribution in [3.05, 3.63) is 65.9 Å². The largest absolute Gasteiger partial charge is 0.327 e. The number of hydrogen-bond acceptors (Lipinski definition) is 1. The third kappa shape index (κ3) is 2.48. The summed E-state index contributed by atoms with van der Waals surface area (Å²) in [6, 6.07) is 19.3. The van der Waals surface area contributed by atoms with E-state index in [2.05, 4.69) is 73.0 Å². The molecule has 2 aromatic carbocycles. The molecule has 0 N–H and O–H groups in total. The molecule has 1 aliphatic heterocycles. The van der Waals surface area contributed by atoms with Gasteiger partial charge in [0.05, 0.1) is 5.69 Å². The molecule has 1 aromatic heterocycles. The van der Waals surface area contributed by atoms with E-state index in [1.54, 1.807) is 0 Å². The molecule has 0 fully saturated rings. The van der Waals surface area contributed by atoms with Crippen molar-refractivity contribution >= 4 is 0 Å².